The van der Waals surface area contributed by atoms with Crippen LogP contribution in [0.5, 0.6) is 11.5 Å². The molecule has 1 heterocycles. The molecule has 0 aromatic heterocycles. The van der Waals surface area contributed by atoms with Crippen LogP contribution in [0.4, 0.5) is 11.4 Å². The Labute approximate surface area is 112 Å². The highest BCUT2D eigenvalue weighted by Crippen LogP contribution is 2.37. The van der Waals surface area contributed by atoms with E-state index in [1.165, 1.54) is 0 Å². The van der Waals surface area contributed by atoms with Crippen LogP contribution in [0.3, 0.4) is 0 Å². The monoisotopic (exact) mass is 268 g/mol. The first-order valence-electron chi connectivity index (χ1n) is 6.18. The van der Waals surface area contributed by atoms with Crippen LogP contribution in [0.15, 0.2) is 12.1 Å². The van der Waals surface area contributed by atoms with Gasteiger partial charge in [-0.3, -0.25) is 0 Å². The van der Waals surface area contributed by atoms with Crippen molar-refractivity contribution >= 4 is 11.4 Å². The average Bonchev–Trinajstić information content (AvgIpc) is 2.46. The van der Waals surface area contributed by atoms with E-state index in [1.807, 2.05) is 6.07 Å². The highest BCUT2D eigenvalue weighted by molar-refractivity contribution is 5.73. The van der Waals surface area contributed by atoms with E-state index in [0.717, 1.165) is 12.2 Å². The molecule has 1 aromatic rings. The lowest BCUT2D eigenvalue weighted by molar-refractivity contribution is 0.00359. The maximum absolute atomic E-state index is 9.18. The van der Waals surface area contributed by atoms with Crippen molar-refractivity contribution < 1.29 is 19.3 Å². The van der Waals surface area contributed by atoms with Crippen molar-refractivity contribution in [2.24, 2.45) is 0 Å². The SMILES string of the molecule is COc1cc(N)c(N2CCOC(CO)C2)cc1OC. The molecule has 1 aliphatic heterocycles. The third-order valence-corrected chi connectivity index (χ3v) is 3.22. The van der Waals surface area contributed by atoms with Crippen molar-refractivity contribution in [1.29, 1.82) is 0 Å². The Morgan fingerprint density at radius 2 is 2.05 bits per heavy atom. The molecule has 0 radical (unpaired) electrons. The minimum absolute atomic E-state index is 0.00367. The summed E-state index contributed by atoms with van der Waals surface area (Å²) in [5, 5.41) is 9.18. The van der Waals surface area contributed by atoms with Crippen LogP contribution >= 0.6 is 0 Å². The summed E-state index contributed by atoms with van der Waals surface area (Å²) in [6.07, 6.45) is -0.179. The van der Waals surface area contributed by atoms with Gasteiger partial charge in [-0.15, -0.1) is 0 Å². The van der Waals surface area contributed by atoms with Gasteiger partial charge in [0.1, 0.15) is 0 Å². The smallest absolute Gasteiger partial charge is 0.162 e. The standard InChI is InChI=1S/C13H20N2O4/c1-17-12-5-10(14)11(6-13(12)18-2)15-3-4-19-9(7-15)8-16/h5-6,9,16H,3-4,7-8,14H2,1-2H3. The molecule has 0 spiro atoms. The van der Waals surface area contributed by atoms with Crippen molar-refractivity contribution in [3.05, 3.63) is 12.1 Å². The van der Waals surface area contributed by atoms with Gasteiger partial charge in [0.15, 0.2) is 11.5 Å². The van der Waals surface area contributed by atoms with Gasteiger partial charge < -0.3 is 30.0 Å². The molecule has 1 aliphatic rings. The van der Waals surface area contributed by atoms with Gasteiger partial charge >= 0.3 is 0 Å². The van der Waals surface area contributed by atoms with E-state index in [4.69, 9.17) is 19.9 Å². The Bertz CT molecular complexity index is 439. The Hall–Kier alpha value is -1.66. The number of nitrogen functional groups attached to an aromatic ring is 1. The lowest BCUT2D eigenvalue weighted by atomic mass is 10.2. The fourth-order valence-corrected chi connectivity index (χ4v) is 2.21. The van der Waals surface area contributed by atoms with E-state index >= 15 is 0 Å². The predicted octanol–water partition coefficient (Wildman–Crippen LogP) is 0.483. The van der Waals surface area contributed by atoms with Gasteiger partial charge in [-0.2, -0.15) is 0 Å². The van der Waals surface area contributed by atoms with Crippen molar-refractivity contribution in [3.63, 3.8) is 0 Å². The predicted molar refractivity (Wildman–Crippen MR) is 73.0 cm³/mol. The lowest BCUT2D eigenvalue weighted by Gasteiger charge is -2.34. The van der Waals surface area contributed by atoms with Gasteiger partial charge in [0.2, 0.25) is 0 Å². The first-order chi connectivity index (χ1) is 9.19. The number of hydrogen-bond acceptors (Lipinski definition) is 6. The second-order valence-electron chi connectivity index (χ2n) is 4.39. The van der Waals surface area contributed by atoms with Crippen LogP contribution < -0.4 is 20.1 Å². The number of aliphatic hydroxyl groups is 1. The zero-order valence-corrected chi connectivity index (χ0v) is 11.3. The number of hydrogen-bond donors (Lipinski definition) is 2. The summed E-state index contributed by atoms with van der Waals surface area (Å²) in [7, 11) is 3.17. The number of nitrogens with zero attached hydrogens (tertiary/aromatic N) is 1. The first-order valence-corrected chi connectivity index (χ1v) is 6.18. The van der Waals surface area contributed by atoms with Crippen LogP contribution in [0.2, 0.25) is 0 Å². The molecular formula is C13H20N2O4. The Balaban J connectivity index is 2.28. The highest BCUT2D eigenvalue weighted by Gasteiger charge is 2.22. The molecule has 19 heavy (non-hydrogen) atoms. The van der Waals surface area contributed by atoms with E-state index in [2.05, 4.69) is 4.90 Å². The summed E-state index contributed by atoms with van der Waals surface area (Å²) in [5.41, 5.74) is 7.55. The molecule has 3 N–H and O–H groups in total. The Morgan fingerprint density at radius 1 is 1.37 bits per heavy atom. The number of methoxy groups -OCH3 is 2. The summed E-state index contributed by atoms with van der Waals surface area (Å²) in [6.45, 7) is 1.91. The summed E-state index contributed by atoms with van der Waals surface area (Å²) < 4.78 is 15.9. The van der Waals surface area contributed by atoms with Crippen molar-refractivity contribution in [2.75, 3.05) is 51.2 Å². The first kappa shape index (κ1) is 13.8. The molecule has 0 bridgehead atoms. The molecule has 0 saturated carbocycles. The van der Waals surface area contributed by atoms with Crippen LogP contribution in [0.1, 0.15) is 0 Å². The minimum atomic E-state index is -0.179. The van der Waals surface area contributed by atoms with Crippen LogP contribution in [-0.2, 0) is 4.74 Å². The molecule has 1 aromatic carbocycles. The highest BCUT2D eigenvalue weighted by atomic mass is 16.5. The fourth-order valence-electron chi connectivity index (χ4n) is 2.21. The van der Waals surface area contributed by atoms with E-state index < -0.39 is 0 Å². The van der Waals surface area contributed by atoms with Gasteiger partial charge in [0.25, 0.3) is 0 Å². The van der Waals surface area contributed by atoms with Crippen LogP contribution in [0.25, 0.3) is 0 Å². The number of morpholine rings is 1. The number of benzene rings is 1. The van der Waals surface area contributed by atoms with Crippen molar-refractivity contribution in [2.45, 2.75) is 6.10 Å². The molecule has 1 fully saturated rings. The maximum Gasteiger partial charge on any atom is 0.162 e. The zero-order chi connectivity index (χ0) is 13.8. The van der Waals surface area contributed by atoms with E-state index in [1.54, 1.807) is 20.3 Å². The number of anilines is 2. The van der Waals surface area contributed by atoms with Crippen LogP contribution in [0, 0.1) is 0 Å². The summed E-state index contributed by atoms with van der Waals surface area (Å²) in [5.74, 6) is 1.24. The van der Waals surface area contributed by atoms with E-state index in [9.17, 15) is 5.11 Å². The Morgan fingerprint density at radius 3 is 2.68 bits per heavy atom. The maximum atomic E-state index is 9.18. The van der Waals surface area contributed by atoms with Gasteiger partial charge in [0.05, 0.1) is 44.9 Å². The summed E-state index contributed by atoms with van der Waals surface area (Å²) >= 11 is 0. The molecule has 6 nitrogen and oxygen atoms in total. The van der Waals surface area contributed by atoms with Crippen LogP contribution in [-0.4, -0.2) is 51.7 Å². The van der Waals surface area contributed by atoms with Crippen molar-refractivity contribution in [3.8, 4) is 11.5 Å². The third kappa shape index (κ3) is 2.85. The number of ether oxygens (including phenoxy) is 3. The van der Waals surface area contributed by atoms with Gasteiger partial charge in [-0.05, 0) is 0 Å². The number of nitrogens with two attached hydrogens (primary N) is 1. The van der Waals surface area contributed by atoms with Gasteiger partial charge in [-0.25, -0.2) is 0 Å². The van der Waals surface area contributed by atoms with Crippen molar-refractivity contribution in [1.82, 2.24) is 0 Å². The normalized spacial score (nSPS) is 19.3. The number of rotatable bonds is 4. The largest absolute Gasteiger partial charge is 0.493 e. The van der Waals surface area contributed by atoms with Gasteiger partial charge in [-0.1, -0.05) is 0 Å². The molecule has 1 unspecified atom stereocenters. The summed E-state index contributed by atoms with van der Waals surface area (Å²) in [6, 6.07) is 3.60. The second kappa shape index (κ2) is 5.99. The Kier molecular flexibility index (Phi) is 4.34. The second-order valence-corrected chi connectivity index (χ2v) is 4.39. The molecule has 2 rings (SSSR count). The molecule has 106 valence electrons. The quantitative estimate of drug-likeness (QED) is 0.774. The molecule has 1 atom stereocenters. The molecular weight excluding hydrogens is 248 g/mol. The molecule has 6 heteroatoms. The molecule has 0 amide bonds. The topological polar surface area (TPSA) is 77.2 Å². The number of aliphatic hydroxyl groups excluding tert-OH is 1. The molecule has 0 aliphatic carbocycles. The minimum Gasteiger partial charge on any atom is -0.493 e. The lowest BCUT2D eigenvalue weighted by Crippen LogP contribution is -2.44. The third-order valence-electron chi connectivity index (χ3n) is 3.22. The van der Waals surface area contributed by atoms with E-state index in [0.29, 0.717) is 30.3 Å². The fraction of sp³-hybridized carbons (Fsp3) is 0.538. The molecule has 1 saturated heterocycles. The van der Waals surface area contributed by atoms with E-state index in [-0.39, 0.29) is 12.7 Å². The van der Waals surface area contributed by atoms with Gasteiger partial charge in [0, 0.05) is 25.2 Å². The average molecular weight is 268 g/mol. The summed E-state index contributed by atoms with van der Waals surface area (Å²) in [4.78, 5) is 2.08. The zero-order valence-electron chi connectivity index (χ0n) is 11.3.